The topological polar surface area (TPSA) is 149 Å². The van der Waals surface area contributed by atoms with Crippen molar-refractivity contribution in [3.63, 3.8) is 0 Å². The number of anilines is 1. The first-order chi connectivity index (χ1) is 26.9. The van der Waals surface area contributed by atoms with E-state index in [2.05, 4.69) is 0 Å². The van der Waals surface area contributed by atoms with Crippen molar-refractivity contribution in [2.24, 2.45) is 0 Å². The zero-order valence-corrected chi connectivity index (χ0v) is 32.0. The highest BCUT2D eigenvalue weighted by molar-refractivity contribution is 6.09. The van der Waals surface area contributed by atoms with Crippen LogP contribution in [-0.4, -0.2) is 71.1 Å². The van der Waals surface area contributed by atoms with Gasteiger partial charge in [-0.05, 0) is 74.4 Å². The molecule has 290 valence electrons. The number of non-ortho nitro benzene ring substituents is 1. The highest BCUT2D eigenvalue weighted by Crippen LogP contribution is 2.51. The van der Waals surface area contributed by atoms with Gasteiger partial charge in [0.25, 0.3) is 5.69 Å². The molecule has 0 bridgehead atoms. The van der Waals surface area contributed by atoms with Crippen LogP contribution in [-0.2, 0) is 34.7 Å². The first kappa shape index (κ1) is 39.4. The number of hydrogen-bond acceptors (Lipinski definition) is 9. The molecule has 2 aliphatic heterocycles. The molecule has 0 aliphatic carbocycles. The number of aliphatic carboxylic acids is 1. The molecule has 0 spiro atoms. The van der Waals surface area contributed by atoms with Crippen molar-refractivity contribution in [1.29, 1.82) is 0 Å². The summed E-state index contributed by atoms with van der Waals surface area (Å²) in [5.74, 6) is -1.13. The SMILES string of the molecule is CCOC(=O)CC1(C)C(/C=C/C=C2\N(CCOc3ccccc3)c3ccc([N+](=O)[O-])cc3C2(C)CC(=O)OCC)=[N+](CCC(=O)O)c2ccc3ccccc3c21. The van der Waals surface area contributed by atoms with Crippen molar-refractivity contribution in [1.82, 2.24) is 0 Å². The monoisotopic (exact) mass is 760 g/mol. The van der Waals surface area contributed by atoms with Crippen LogP contribution in [0.4, 0.5) is 17.1 Å². The number of rotatable bonds is 16. The predicted octanol–water partition coefficient (Wildman–Crippen LogP) is 7.78. The smallest absolute Gasteiger partial charge is 0.309 e. The molecule has 4 aromatic carbocycles. The molecule has 6 rings (SSSR count). The Balaban J connectivity index is 1.51. The van der Waals surface area contributed by atoms with Gasteiger partial charge in [-0.15, -0.1) is 0 Å². The first-order valence-corrected chi connectivity index (χ1v) is 18.7. The van der Waals surface area contributed by atoms with Crippen molar-refractivity contribution in [2.75, 3.05) is 37.8 Å². The van der Waals surface area contributed by atoms with E-state index >= 15 is 0 Å². The van der Waals surface area contributed by atoms with Crippen molar-refractivity contribution in [3.8, 4) is 5.75 Å². The maximum Gasteiger partial charge on any atom is 0.309 e. The van der Waals surface area contributed by atoms with Crippen LogP contribution in [0.2, 0.25) is 0 Å². The van der Waals surface area contributed by atoms with Crippen molar-refractivity contribution >= 4 is 51.5 Å². The van der Waals surface area contributed by atoms with E-state index in [1.54, 1.807) is 19.9 Å². The molecule has 12 heteroatoms. The Hall–Kier alpha value is -6.30. The number of carbonyl (C=O) groups is 3. The molecular formula is C44H46N3O9+. The minimum absolute atomic E-state index is 0.000294. The lowest BCUT2D eigenvalue weighted by molar-refractivity contribution is -0.436. The number of allylic oxidation sites excluding steroid dienone is 4. The van der Waals surface area contributed by atoms with Gasteiger partial charge in [0.15, 0.2) is 12.3 Å². The highest BCUT2D eigenvalue weighted by atomic mass is 16.6. The normalized spacial score (nSPS) is 19.4. The fourth-order valence-corrected chi connectivity index (χ4v) is 8.11. The number of fused-ring (bicyclic) bond motifs is 4. The summed E-state index contributed by atoms with van der Waals surface area (Å²) < 4.78 is 19.0. The molecule has 0 saturated carbocycles. The molecule has 56 heavy (non-hydrogen) atoms. The standard InChI is InChI=1S/C44H45N3O9/c1-5-54-40(50)28-43(3)34-27-31(47(52)53)20-22-35(34)46(25-26-56-32-14-8-7-9-15-32)37(43)17-12-18-38-44(4,29-41(51)55-6-2)42-33-16-11-10-13-30(33)19-21-36(42)45(38)24-23-39(48)49/h7-22,27H,5-6,23-26,28-29H2,1-4H3/p+1. The van der Waals surface area contributed by atoms with E-state index in [-0.39, 0.29) is 51.3 Å². The predicted molar refractivity (Wildman–Crippen MR) is 213 cm³/mol. The molecule has 0 fully saturated rings. The highest BCUT2D eigenvalue weighted by Gasteiger charge is 2.51. The van der Waals surface area contributed by atoms with Crippen molar-refractivity contribution in [3.05, 3.63) is 130 Å². The summed E-state index contributed by atoms with van der Waals surface area (Å²) in [7, 11) is 0. The van der Waals surface area contributed by atoms with Gasteiger partial charge in [0.2, 0.25) is 5.69 Å². The van der Waals surface area contributed by atoms with Crippen LogP contribution in [0.25, 0.3) is 10.8 Å². The van der Waals surface area contributed by atoms with Crippen LogP contribution in [0.5, 0.6) is 5.75 Å². The molecule has 0 amide bonds. The van der Waals surface area contributed by atoms with Crippen molar-refractivity contribution in [2.45, 2.75) is 57.8 Å². The lowest BCUT2D eigenvalue weighted by Crippen LogP contribution is -2.35. The number of nitro benzene ring substituents is 1. The number of nitrogens with zero attached hydrogens (tertiary/aromatic N) is 3. The van der Waals surface area contributed by atoms with Gasteiger partial charge in [-0.3, -0.25) is 24.5 Å². The second kappa shape index (κ2) is 16.6. The molecule has 1 N–H and O–H groups in total. The third kappa shape index (κ3) is 7.77. The second-order valence-electron chi connectivity index (χ2n) is 14.2. The molecule has 0 radical (unpaired) electrons. The third-order valence-electron chi connectivity index (χ3n) is 10.5. The lowest BCUT2D eigenvalue weighted by atomic mass is 9.74. The van der Waals surface area contributed by atoms with Gasteiger partial charge in [-0.25, -0.2) is 0 Å². The number of carboxylic acids is 1. The third-order valence-corrected chi connectivity index (χ3v) is 10.5. The number of carboxylic acid groups (broad SMARTS) is 1. The summed E-state index contributed by atoms with van der Waals surface area (Å²) in [6.45, 7) is 8.46. The van der Waals surface area contributed by atoms with Crippen LogP contribution >= 0.6 is 0 Å². The minimum atomic E-state index is -1.05. The maximum atomic E-state index is 13.3. The van der Waals surface area contributed by atoms with Crippen LogP contribution in [0, 0.1) is 10.1 Å². The first-order valence-electron chi connectivity index (χ1n) is 18.7. The summed E-state index contributed by atoms with van der Waals surface area (Å²) in [6.07, 6.45) is 5.36. The molecule has 4 aromatic rings. The molecular weight excluding hydrogens is 714 g/mol. The van der Waals surface area contributed by atoms with Gasteiger partial charge in [-0.2, -0.15) is 4.58 Å². The largest absolute Gasteiger partial charge is 0.492 e. The zero-order valence-electron chi connectivity index (χ0n) is 32.0. The molecule has 2 aliphatic rings. The van der Waals surface area contributed by atoms with E-state index < -0.39 is 33.7 Å². The average Bonchev–Trinajstić information content (AvgIpc) is 3.54. The maximum absolute atomic E-state index is 13.3. The summed E-state index contributed by atoms with van der Waals surface area (Å²) in [5.41, 5.74) is 2.29. The van der Waals surface area contributed by atoms with Crippen LogP contribution < -0.4 is 9.64 Å². The molecule has 0 aromatic heterocycles. The summed E-state index contributed by atoms with van der Waals surface area (Å²) >= 11 is 0. The van der Waals surface area contributed by atoms with Gasteiger partial charge in [-0.1, -0.05) is 48.5 Å². The lowest BCUT2D eigenvalue weighted by Gasteiger charge is -2.29. The van der Waals surface area contributed by atoms with Crippen LogP contribution in [0.1, 0.15) is 58.1 Å². The quantitative estimate of drug-likeness (QED) is 0.0520. The number of nitro groups is 1. The molecule has 2 heterocycles. The van der Waals surface area contributed by atoms with Gasteiger partial charge < -0.3 is 24.2 Å². The Kier molecular flexibility index (Phi) is 11.7. The molecule has 2 unspecified atom stereocenters. The number of para-hydroxylation sites is 1. The number of ether oxygens (including phenoxy) is 3. The summed E-state index contributed by atoms with van der Waals surface area (Å²) in [6, 6.07) is 25.9. The van der Waals surface area contributed by atoms with Gasteiger partial charge in [0, 0.05) is 46.6 Å². The Bertz CT molecular complexity index is 2260. The second-order valence-corrected chi connectivity index (χ2v) is 14.2. The number of hydrogen-bond donors (Lipinski definition) is 1. The summed E-state index contributed by atoms with van der Waals surface area (Å²) in [5, 5.41) is 23.7. The van der Waals surface area contributed by atoms with Gasteiger partial charge >= 0.3 is 17.9 Å². The van der Waals surface area contributed by atoms with Gasteiger partial charge in [0.05, 0.1) is 42.9 Å². The minimum Gasteiger partial charge on any atom is -0.492 e. The van der Waals surface area contributed by atoms with E-state index in [0.29, 0.717) is 35.0 Å². The van der Waals surface area contributed by atoms with E-state index in [1.807, 2.05) is 108 Å². The fraction of sp³-hybridized carbons (Fsp3) is 0.318. The van der Waals surface area contributed by atoms with E-state index in [4.69, 9.17) is 14.2 Å². The van der Waals surface area contributed by atoms with E-state index in [9.17, 15) is 29.6 Å². The average molecular weight is 761 g/mol. The van der Waals surface area contributed by atoms with Crippen LogP contribution in [0.15, 0.2) is 109 Å². The van der Waals surface area contributed by atoms with E-state index in [0.717, 1.165) is 22.0 Å². The molecule has 2 atom stereocenters. The van der Waals surface area contributed by atoms with Crippen LogP contribution in [0.3, 0.4) is 0 Å². The van der Waals surface area contributed by atoms with Crippen molar-refractivity contribution < 1.29 is 43.2 Å². The fourth-order valence-electron chi connectivity index (χ4n) is 8.11. The van der Waals surface area contributed by atoms with E-state index in [1.165, 1.54) is 12.1 Å². The Morgan fingerprint density at radius 1 is 0.893 bits per heavy atom. The Morgan fingerprint density at radius 3 is 2.25 bits per heavy atom. The number of carbonyl (C=O) groups excluding carboxylic acids is 2. The Labute approximate surface area is 325 Å². The van der Waals surface area contributed by atoms with Gasteiger partial charge in [0.1, 0.15) is 18.8 Å². The summed E-state index contributed by atoms with van der Waals surface area (Å²) in [4.78, 5) is 52.1. The molecule has 12 nitrogen and oxygen atoms in total. The number of esters is 2. The zero-order chi connectivity index (χ0) is 40.0. The molecule has 0 saturated heterocycles. The number of benzene rings is 4. The Morgan fingerprint density at radius 2 is 1.57 bits per heavy atom.